The highest BCUT2D eigenvalue weighted by Gasteiger charge is 2.10. The van der Waals surface area contributed by atoms with Gasteiger partial charge >= 0.3 is 0 Å². The van der Waals surface area contributed by atoms with Crippen LogP contribution in [-0.2, 0) is 0 Å². The van der Waals surface area contributed by atoms with Crippen LogP contribution in [0.5, 0.6) is 0 Å². The monoisotopic (exact) mass is 396 g/mol. The molecule has 126 valence electrons. The SMILES string of the molecule is Cc1ccc(Nc2ncc(C(=O)Nc3ccccc3Br)cn2)c(C)c1. The van der Waals surface area contributed by atoms with Crippen molar-refractivity contribution >= 4 is 39.2 Å². The highest BCUT2D eigenvalue weighted by Crippen LogP contribution is 2.22. The standard InChI is InChI=1S/C19H17BrN4O/c1-12-7-8-16(13(2)9-12)24-19-21-10-14(11-22-19)18(25)23-17-6-4-3-5-15(17)20/h3-11H,1-2H3,(H,23,25)(H,21,22,24). The molecule has 25 heavy (non-hydrogen) atoms. The van der Waals surface area contributed by atoms with Gasteiger partial charge in [-0.05, 0) is 53.5 Å². The normalized spacial score (nSPS) is 10.4. The van der Waals surface area contributed by atoms with Crippen molar-refractivity contribution in [1.82, 2.24) is 9.97 Å². The van der Waals surface area contributed by atoms with Crippen molar-refractivity contribution in [3.05, 3.63) is 76.0 Å². The van der Waals surface area contributed by atoms with Gasteiger partial charge in [0, 0.05) is 22.6 Å². The molecule has 1 amide bonds. The largest absolute Gasteiger partial charge is 0.324 e. The summed E-state index contributed by atoms with van der Waals surface area (Å²) in [5, 5.41) is 5.99. The Morgan fingerprint density at radius 2 is 1.72 bits per heavy atom. The third kappa shape index (κ3) is 4.22. The first-order valence-corrected chi connectivity index (χ1v) is 8.54. The lowest BCUT2D eigenvalue weighted by Gasteiger charge is -2.10. The van der Waals surface area contributed by atoms with Gasteiger partial charge in [-0.15, -0.1) is 0 Å². The van der Waals surface area contributed by atoms with Gasteiger partial charge in [0.2, 0.25) is 5.95 Å². The molecule has 0 aliphatic heterocycles. The Morgan fingerprint density at radius 3 is 2.40 bits per heavy atom. The molecule has 0 spiro atoms. The zero-order valence-electron chi connectivity index (χ0n) is 13.9. The number of aromatic nitrogens is 2. The predicted octanol–water partition coefficient (Wildman–Crippen LogP) is 4.85. The van der Waals surface area contributed by atoms with Crippen LogP contribution in [-0.4, -0.2) is 15.9 Å². The molecule has 0 saturated carbocycles. The molecule has 0 unspecified atom stereocenters. The van der Waals surface area contributed by atoms with E-state index in [1.807, 2.05) is 50.2 Å². The molecule has 5 nitrogen and oxygen atoms in total. The van der Waals surface area contributed by atoms with Gasteiger partial charge in [-0.3, -0.25) is 4.79 Å². The summed E-state index contributed by atoms with van der Waals surface area (Å²) in [5.41, 5.74) is 4.34. The summed E-state index contributed by atoms with van der Waals surface area (Å²) < 4.78 is 0.817. The third-order valence-electron chi connectivity index (χ3n) is 3.66. The maximum atomic E-state index is 12.3. The molecule has 0 aliphatic carbocycles. The maximum absolute atomic E-state index is 12.3. The number of anilines is 3. The Morgan fingerprint density at radius 1 is 1.00 bits per heavy atom. The number of nitrogens with one attached hydrogen (secondary N) is 2. The molecule has 1 aromatic heterocycles. The fraction of sp³-hybridized carbons (Fsp3) is 0.105. The fourth-order valence-corrected chi connectivity index (χ4v) is 2.73. The zero-order chi connectivity index (χ0) is 17.8. The molecule has 2 N–H and O–H groups in total. The summed E-state index contributed by atoms with van der Waals surface area (Å²) in [6.07, 6.45) is 3.01. The van der Waals surface area contributed by atoms with E-state index < -0.39 is 0 Å². The number of nitrogens with zero attached hydrogens (tertiary/aromatic N) is 2. The van der Waals surface area contributed by atoms with Crippen molar-refractivity contribution in [3.8, 4) is 0 Å². The fourth-order valence-electron chi connectivity index (χ4n) is 2.34. The van der Waals surface area contributed by atoms with Gasteiger partial charge in [0.05, 0.1) is 11.3 Å². The van der Waals surface area contributed by atoms with E-state index >= 15 is 0 Å². The minimum atomic E-state index is -0.259. The van der Waals surface area contributed by atoms with Crippen molar-refractivity contribution < 1.29 is 4.79 Å². The Hall–Kier alpha value is -2.73. The van der Waals surface area contributed by atoms with Crippen LogP contribution in [0, 0.1) is 13.8 Å². The summed E-state index contributed by atoms with van der Waals surface area (Å²) >= 11 is 3.40. The van der Waals surface area contributed by atoms with Gasteiger partial charge in [0.15, 0.2) is 0 Å². The lowest BCUT2D eigenvalue weighted by Crippen LogP contribution is -2.13. The van der Waals surface area contributed by atoms with Crippen LogP contribution in [0.15, 0.2) is 59.3 Å². The quantitative estimate of drug-likeness (QED) is 0.661. The Kier molecular flexibility index (Phi) is 5.09. The van der Waals surface area contributed by atoms with Crippen LogP contribution in [0.2, 0.25) is 0 Å². The van der Waals surface area contributed by atoms with Gasteiger partial charge in [-0.1, -0.05) is 29.8 Å². The van der Waals surface area contributed by atoms with Crippen LogP contribution < -0.4 is 10.6 Å². The molecule has 0 atom stereocenters. The minimum absolute atomic E-state index is 0.259. The second-order valence-corrected chi connectivity index (χ2v) is 6.53. The lowest BCUT2D eigenvalue weighted by molar-refractivity contribution is 0.102. The van der Waals surface area contributed by atoms with Gasteiger partial charge in [0.25, 0.3) is 5.91 Å². The number of benzene rings is 2. The number of hydrogen-bond donors (Lipinski definition) is 2. The number of carbonyl (C=O) groups excluding carboxylic acids is 1. The molecule has 3 aromatic rings. The van der Waals surface area contributed by atoms with E-state index in [1.165, 1.54) is 18.0 Å². The molecule has 0 aliphatic rings. The van der Waals surface area contributed by atoms with Crippen molar-refractivity contribution in [2.75, 3.05) is 10.6 Å². The number of aryl methyl sites for hydroxylation is 2. The van der Waals surface area contributed by atoms with Crippen LogP contribution in [0.3, 0.4) is 0 Å². The van der Waals surface area contributed by atoms with Crippen molar-refractivity contribution in [2.24, 2.45) is 0 Å². The van der Waals surface area contributed by atoms with E-state index in [2.05, 4.69) is 42.6 Å². The average Bonchev–Trinajstić information content (AvgIpc) is 2.60. The van der Waals surface area contributed by atoms with Crippen LogP contribution in [0.4, 0.5) is 17.3 Å². The van der Waals surface area contributed by atoms with E-state index in [0.29, 0.717) is 17.2 Å². The van der Waals surface area contributed by atoms with Gasteiger partial charge in [0.1, 0.15) is 0 Å². The first kappa shape index (κ1) is 17.1. The molecular weight excluding hydrogens is 380 g/mol. The molecule has 0 fully saturated rings. The summed E-state index contributed by atoms with van der Waals surface area (Å²) in [5.74, 6) is 0.189. The predicted molar refractivity (Wildman–Crippen MR) is 103 cm³/mol. The van der Waals surface area contributed by atoms with E-state index in [4.69, 9.17) is 0 Å². The Labute approximate surface area is 154 Å². The van der Waals surface area contributed by atoms with E-state index in [1.54, 1.807) is 0 Å². The molecule has 6 heteroatoms. The smallest absolute Gasteiger partial charge is 0.258 e. The lowest BCUT2D eigenvalue weighted by atomic mass is 10.1. The van der Waals surface area contributed by atoms with Crippen LogP contribution in [0.1, 0.15) is 21.5 Å². The average molecular weight is 397 g/mol. The van der Waals surface area contributed by atoms with Gasteiger partial charge < -0.3 is 10.6 Å². The van der Waals surface area contributed by atoms with Crippen LogP contribution >= 0.6 is 15.9 Å². The first-order chi connectivity index (χ1) is 12.0. The summed E-state index contributed by atoms with van der Waals surface area (Å²) in [4.78, 5) is 20.8. The highest BCUT2D eigenvalue weighted by molar-refractivity contribution is 9.10. The number of halogens is 1. The first-order valence-electron chi connectivity index (χ1n) is 7.75. The van der Waals surface area contributed by atoms with Crippen LogP contribution in [0.25, 0.3) is 0 Å². The number of amides is 1. The molecule has 2 aromatic carbocycles. The number of para-hydroxylation sites is 1. The molecule has 3 rings (SSSR count). The van der Waals surface area contributed by atoms with Gasteiger partial charge in [-0.25, -0.2) is 9.97 Å². The van der Waals surface area contributed by atoms with E-state index in [0.717, 1.165) is 15.7 Å². The number of carbonyl (C=O) groups is 1. The minimum Gasteiger partial charge on any atom is -0.324 e. The summed E-state index contributed by atoms with van der Waals surface area (Å²) in [7, 11) is 0. The van der Waals surface area contributed by atoms with E-state index in [-0.39, 0.29) is 5.91 Å². The molecule has 0 bridgehead atoms. The van der Waals surface area contributed by atoms with Crippen molar-refractivity contribution in [1.29, 1.82) is 0 Å². The molecule has 1 heterocycles. The number of rotatable bonds is 4. The van der Waals surface area contributed by atoms with Crippen molar-refractivity contribution in [3.63, 3.8) is 0 Å². The Bertz CT molecular complexity index is 910. The summed E-state index contributed by atoms with van der Waals surface area (Å²) in [6, 6.07) is 13.5. The second-order valence-electron chi connectivity index (χ2n) is 5.67. The topological polar surface area (TPSA) is 66.9 Å². The molecular formula is C19H17BrN4O. The highest BCUT2D eigenvalue weighted by atomic mass is 79.9. The molecule has 0 radical (unpaired) electrons. The van der Waals surface area contributed by atoms with E-state index in [9.17, 15) is 4.79 Å². The second kappa shape index (κ2) is 7.44. The zero-order valence-corrected chi connectivity index (χ0v) is 15.5. The van der Waals surface area contributed by atoms with Crippen molar-refractivity contribution in [2.45, 2.75) is 13.8 Å². The maximum Gasteiger partial charge on any atom is 0.258 e. The van der Waals surface area contributed by atoms with Gasteiger partial charge in [-0.2, -0.15) is 0 Å². The Balaban J connectivity index is 1.71. The third-order valence-corrected chi connectivity index (χ3v) is 4.36. The molecule has 0 saturated heterocycles. The number of hydrogen-bond acceptors (Lipinski definition) is 4. The summed E-state index contributed by atoms with van der Waals surface area (Å²) in [6.45, 7) is 4.07.